The number of aliphatic hydroxyl groups is 1. The average molecular weight is 266 g/mol. The standard InChI is InChI=1S/C14H26N4O/c1-12-4-2-5-13(7-6-12)15-10-14-11-18(17-16-14)8-3-9-19/h11-13,15,19H,2-10H2,1H3. The predicted octanol–water partition coefficient (Wildman–Crippen LogP) is 1.72. The van der Waals surface area contributed by atoms with E-state index in [-0.39, 0.29) is 6.61 Å². The number of aliphatic hydroxyl groups excluding tert-OH is 1. The largest absolute Gasteiger partial charge is 0.396 e. The van der Waals surface area contributed by atoms with Gasteiger partial charge in [-0.2, -0.15) is 0 Å². The van der Waals surface area contributed by atoms with Gasteiger partial charge in [0, 0.05) is 31.9 Å². The lowest BCUT2D eigenvalue weighted by molar-refractivity contribution is 0.276. The van der Waals surface area contributed by atoms with Crippen molar-refractivity contribution in [2.45, 2.75) is 64.6 Å². The van der Waals surface area contributed by atoms with E-state index in [4.69, 9.17) is 5.11 Å². The van der Waals surface area contributed by atoms with Crippen LogP contribution in [-0.4, -0.2) is 32.7 Å². The third-order valence-electron chi connectivity index (χ3n) is 3.96. The Kier molecular flexibility index (Phi) is 5.79. The van der Waals surface area contributed by atoms with Gasteiger partial charge in [-0.25, -0.2) is 0 Å². The molecule has 1 saturated carbocycles. The van der Waals surface area contributed by atoms with E-state index in [1.807, 2.05) is 10.9 Å². The number of aromatic nitrogens is 3. The highest BCUT2D eigenvalue weighted by Gasteiger charge is 2.15. The Bertz CT molecular complexity index is 366. The van der Waals surface area contributed by atoms with Gasteiger partial charge < -0.3 is 10.4 Å². The molecule has 2 rings (SSSR count). The molecule has 0 aromatic carbocycles. The first-order chi connectivity index (χ1) is 9.28. The van der Waals surface area contributed by atoms with Gasteiger partial charge in [0.2, 0.25) is 0 Å². The fourth-order valence-corrected chi connectivity index (χ4v) is 2.70. The molecule has 0 bridgehead atoms. The summed E-state index contributed by atoms with van der Waals surface area (Å²) in [5.74, 6) is 0.881. The smallest absolute Gasteiger partial charge is 0.0964 e. The van der Waals surface area contributed by atoms with E-state index < -0.39 is 0 Å². The molecule has 5 nitrogen and oxygen atoms in total. The van der Waals surface area contributed by atoms with Crippen molar-refractivity contribution >= 4 is 0 Å². The Morgan fingerprint density at radius 1 is 1.37 bits per heavy atom. The van der Waals surface area contributed by atoms with Gasteiger partial charge >= 0.3 is 0 Å². The molecule has 0 aliphatic heterocycles. The molecule has 0 radical (unpaired) electrons. The fraction of sp³-hybridized carbons (Fsp3) is 0.857. The van der Waals surface area contributed by atoms with Crippen molar-refractivity contribution < 1.29 is 5.11 Å². The summed E-state index contributed by atoms with van der Waals surface area (Å²) in [6.45, 7) is 4.10. The van der Waals surface area contributed by atoms with Crippen molar-refractivity contribution in [3.63, 3.8) is 0 Å². The zero-order valence-corrected chi connectivity index (χ0v) is 11.9. The summed E-state index contributed by atoms with van der Waals surface area (Å²) >= 11 is 0. The van der Waals surface area contributed by atoms with E-state index in [2.05, 4.69) is 22.6 Å². The lowest BCUT2D eigenvalue weighted by Crippen LogP contribution is -2.28. The highest BCUT2D eigenvalue weighted by atomic mass is 16.3. The molecular weight excluding hydrogens is 240 g/mol. The Balaban J connectivity index is 1.73. The molecule has 0 saturated heterocycles. The molecule has 5 heteroatoms. The molecule has 1 fully saturated rings. The van der Waals surface area contributed by atoms with Crippen LogP contribution in [0.1, 0.15) is 51.1 Å². The molecule has 1 aliphatic carbocycles. The van der Waals surface area contributed by atoms with E-state index in [1.165, 1.54) is 32.1 Å². The number of aryl methyl sites for hydroxylation is 1. The van der Waals surface area contributed by atoms with Crippen molar-refractivity contribution in [2.24, 2.45) is 5.92 Å². The second kappa shape index (κ2) is 7.60. The summed E-state index contributed by atoms with van der Waals surface area (Å²) in [6.07, 6.45) is 9.31. The van der Waals surface area contributed by atoms with Crippen LogP contribution in [0.15, 0.2) is 6.20 Å². The monoisotopic (exact) mass is 266 g/mol. The molecule has 2 atom stereocenters. The van der Waals surface area contributed by atoms with Gasteiger partial charge in [0.25, 0.3) is 0 Å². The topological polar surface area (TPSA) is 63.0 Å². The van der Waals surface area contributed by atoms with Gasteiger partial charge in [0.15, 0.2) is 0 Å². The van der Waals surface area contributed by atoms with Gasteiger partial charge in [0.1, 0.15) is 0 Å². The maximum atomic E-state index is 8.78. The van der Waals surface area contributed by atoms with Crippen molar-refractivity contribution in [2.75, 3.05) is 6.61 Å². The van der Waals surface area contributed by atoms with Crippen LogP contribution in [0.5, 0.6) is 0 Å². The van der Waals surface area contributed by atoms with Crippen molar-refractivity contribution in [1.29, 1.82) is 0 Å². The highest BCUT2D eigenvalue weighted by Crippen LogP contribution is 2.22. The van der Waals surface area contributed by atoms with Crippen LogP contribution in [0.25, 0.3) is 0 Å². The summed E-state index contributed by atoms with van der Waals surface area (Å²) in [5, 5.41) is 20.6. The lowest BCUT2D eigenvalue weighted by Gasteiger charge is -2.15. The van der Waals surface area contributed by atoms with Gasteiger partial charge in [-0.15, -0.1) is 5.10 Å². The molecule has 2 N–H and O–H groups in total. The van der Waals surface area contributed by atoms with Crippen molar-refractivity contribution in [3.05, 3.63) is 11.9 Å². The quantitative estimate of drug-likeness (QED) is 0.770. The normalized spacial score (nSPS) is 24.3. The zero-order valence-electron chi connectivity index (χ0n) is 11.9. The Labute approximate surface area is 115 Å². The van der Waals surface area contributed by atoms with Gasteiger partial charge in [-0.1, -0.05) is 25.0 Å². The molecule has 19 heavy (non-hydrogen) atoms. The van der Waals surface area contributed by atoms with E-state index >= 15 is 0 Å². The van der Waals surface area contributed by atoms with E-state index in [1.54, 1.807) is 0 Å². The van der Waals surface area contributed by atoms with Crippen LogP contribution in [0.2, 0.25) is 0 Å². The second-order valence-electron chi connectivity index (χ2n) is 5.74. The average Bonchev–Trinajstić information content (AvgIpc) is 2.76. The predicted molar refractivity (Wildman–Crippen MR) is 74.6 cm³/mol. The molecule has 0 spiro atoms. The van der Waals surface area contributed by atoms with E-state index in [9.17, 15) is 0 Å². The third-order valence-corrected chi connectivity index (χ3v) is 3.96. The SMILES string of the molecule is CC1CCCC(NCc2cn(CCCO)nn2)CC1. The van der Waals surface area contributed by atoms with E-state index in [0.29, 0.717) is 6.04 Å². The zero-order chi connectivity index (χ0) is 13.5. The Hall–Kier alpha value is -0.940. The van der Waals surface area contributed by atoms with Gasteiger partial charge in [0.05, 0.1) is 5.69 Å². The Morgan fingerprint density at radius 3 is 3.11 bits per heavy atom. The summed E-state index contributed by atoms with van der Waals surface area (Å²) in [7, 11) is 0. The number of nitrogens with one attached hydrogen (secondary N) is 1. The highest BCUT2D eigenvalue weighted by molar-refractivity contribution is 4.92. The third kappa shape index (κ3) is 4.91. The lowest BCUT2D eigenvalue weighted by atomic mass is 10.0. The van der Waals surface area contributed by atoms with Crippen LogP contribution in [0.4, 0.5) is 0 Å². The molecular formula is C14H26N4O. The van der Waals surface area contributed by atoms with Crippen LogP contribution in [0.3, 0.4) is 0 Å². The number of nitrogens with zero attached hydrogens (tertiary/aromatic N) is 3. The molecule has 1 heterocycles. The van der Waals surface area contributed by atoms with Gasteiger partial charge in [-0.3, -0.25) is 4.68 Å². The van der Waals surface area contributed by atoms with Crippen LogP contribution in [-0.2, 0) is 13.1 Å². The maximum Gasteiger partial charge on any atom is 0.0964 e. The van der Waals surface area contributed by atoms with Crippen LogP contribution < -0.4 is 5.32 Å². The molecule has 1 aliphatic rings. The summed E-state index contributed by atoms with van der Waals surface area (Å²) < 4.78 is 1.81. The minimum Gasteiger partial charge on any atom is -0.396 e. The number of rotatable bonds is 6. The molecule has 2 unspecified atom stereocenters. The molecule has 108 valence electrons. The first kappa shape index (κ1) is 14.5. The second-order valence-corrected chi connectivity index (χ2v) is 5.74. The van der Waals surface area contributed by atoms with Crippen LogP contribution >= 0.6 is 0 Å². The summed E-state index contributed by atoms with van der Waals surface area (Å²) in [5.41, 5.74) is 0.996. The molecule has 0 amide bonds. The van der Waals surface area contributed by atoms with Crippen molar-refractivity contribution in [3.8, 4) is 0 Å². The van der Waals surface area contributed by atoms with Gasteiger partial charge in [-0.05, 0) is 31.6 Å². The summed E-state index contributed by atoms with van der Waals surface area (Å²) in [6, 6.07) is 0.632. The van der Waals surface area contributed by atoms with E-state index in [0.717, 1.165) is 31.1 Å². The molecule has 1 aromatic rings. The number of hydrogen-bond donors (Lipinski definition) is 2. The minimum absolute atomic E-state index is 0.202. The summed E-state index contributed by atoms with van der Waals surface area (Å²) in [4.78, 5) is 0. The maximum absolute atomic E-state index is 8.78. The molecule has 1 aromatic heterocycles. The first-order valence-corrected chi connectivity index (χ1v) is 7.51. The first-order valence-electron chi connectivity index (χ1n) is 7.51. The van der Waals surface area contributed by atoms with Crippen molar-refractivity contribution in [1.82, 2.24) is 20.3 Å². The minimum atomic E-state index is 0.202. The van der Waals surface area contributed by atoms with Crippen LogP contribution in [0, 0.1) is 5.92 Å². The Morgan fingerprint density at radius 2 is 2.26 bits per heavy atom. The number of hydrogen-bond acceptors (Lipinski definition) is 4. The fourth-order valence-electron chi connectivity index (χ4n) is 2.70.